The summed E-state index contributed by atoms with van der Waals surface area (Å²) in [6.07, 6.45) is 0.683. The van der Waals surface area contributed by atoms with E-state index in [0.29, 0.717) is 17.9 Å². The number of amides is 2. The lowest BCUT2D eigenvalue weighted by Gasteiger charge is -2.38. The highest BCUT2D eigenvalue weighted by Gasteiger charge is 2.41. The summed E-state index contributed by atoms with van der Waals surface area (Å²) < 4.78 is 5.97. The van der Waals surface area contributed by atoms with Gasteiger partial charge in [0.25, 0.3) is 11.8 Å². The molecule has 0 atom stereocenters. The molecule has 2 amide bonds. The summed E-state index contributed by atoms with van der Waals surface area (Å²) in [6, 6.07) is 24.8. The van der Waals surface area contributed by atoms with Gasteiger partial charge in [-0.1, -0.05) is 60.7 Å². The fraction of sp³-hybridized carbons (Fsp3) is 0.179. The number of hydrogen-bond donors (Lipinski definition) is 2. The molecule has 1 aromatic heterocycles. The van der Waals surface area contributed by atoms with E-state index in [-0.39, 0.29) is 18.0 Å². The molecule has 8 heteroatoms. The van der Waals surface area contributed by atoms with Crippen LogP contribution in [0, 0.1) is 0 Å². The Morgan fingerprint density at radius 2 is 1.75 bits per heavy atom. The van der Waals surface area contributed by atoms with Crippen molar-refractivity contribution in [3.63, 3.8) is 0 Å². The third kappa shape index (κ3) is 4.60. The predicted octanol–water partition coefficient (Wildman–Crippen LogP) is 5.22. The fourth-order valence-electron chi connectivity index (χ4n) is 4.21. The van der Waals surface area contributed by atoms with Crippen LogP contribution < -0.4 is 15.1 Å². The van der Waals surface area contributed by atoms with Crippen molar-refractivity contribution in [2.24, 2.45) is 0 Å². The number of ether oxygens (including phenoxy) is 1. The lowest BCUT2D eigenvalue weighted by Crippen LogP contribution is -2.52. The number of nitrogens with one attached hydrogen (secondary N) is 1. The van der Waals surface area contributed by atoms with E-state index in [9.17, 15) is 9.59 Å². The highest BCUT2D eigenvalue weighted by molar-refractivity contribution is 7.15. The summed E-state index contributed by atoms with van der Waals surface area (Å²) in [6.45, 7) is 3.66. The van der Waals surface area contributed by atoms with Gasteiger partial charge < -0.3 is 4.74 Å². The van der Waals surface area contributed by atoms with Crippen molar-refractivity contribution in [3.05, 3.63) is 101 Å². The maximum atomic E-state index is 13.5. The Morgan fingerprint density at radius 1 is 1.06 bits per heavy atom. The van der Waals surface area contributed by atoms with Crippen molar-refractivity contribution in [3.8, 4) is 16.3 Å². The van der Waals surface area contributed by atoms with Gasteiger partial charge in [0, 0.05) is 22.4 Å². The highest BCUT2D eigenvalue weighted by Crippen LogP contribution is 2.40. The zero-order valence-electron chi connectivity index (χ0n) is 19.9. The van der Waals surface area contributed by atoms with Crippen molar-refractivity contribution < 1.29 is 19.5 Å². The zero-order valence-corrected chi connectivity index (χ0v) is 20.7. The molecule has 0 spiro atoms. The SMILES string of the molecule is CC1(C)Oc2ccc(C(=O)NO)cc2N(Cc2nc(-c3ccccc3)sc2Cc2ccccc2)C1=O. The van der Waals surface area contributed by atoms with Crippen molar-refractivity contribution >= 4 is 28.8 Å². The summed E-state index contributed by atoms with van der Waals surface area (Å²) >= 11 is 1.61. The van der Waals surface area contributed by atoms with Crippen LogP contribution in [-0.2, 0) is 17.8 Å². The van der Waals surface area contributed by atoms with Gasteiger partial charge in [0.15, 0.2) is 5.60 Å². The van der Waals surface area contributed by atoms with Crippen LogP contribution in [0.5, 0.6) is 5.75 Å². The van der Waals surface area contributed by atoms with E-state index in [1.54, 1.807) is 53.8 Å². The minimum absolute atomic E-state index is 0.213. The van der Waals surface area contributed by atoms with E-state index < -0.39 is 11.5 Å². The Bertz CT molecular complexity index is 1420. The summed E-state index contributed by atoms with van der Waals surface area (Å²) in [5.74, 6) is -0.423. The molecular formula is C28H25N3O4S. The Morgan fingerprint density at radius 3 is 2.44 bits per heavy atom. The summed E-state index contributed by atoms with van der Waals surface area (Å²) in [5, 5.41) is 9.98. The number of aromatic nitrogens is 1. The number of hydrogen-bond acceptors (Lipinski definition) is 6. The van der Waals surface area contributed by atoms with Gasteiger partial charge >= 0.3 is 0 Å². The Hall–Kier alpha value is -4.01. The number of carbonyl (C=O) groups is 2. The second kappa shape index (κ2) is 9.56. The van der Waals surface area contributed by atoms with Crippen LogP contribution in [0.2, 0.25) is 0 Å². The van der Waals surface area contributed by atoms with Crippen molar-refractivity contribution in [2.75, 3.05) is 4.90 Å². The second-order valence-corrected chi connectivity index (χ2v) is 10.1. The van der Waals surface area contributed by atoms with E-state index >= 15 is 0 Å². The molecule has 7 nitrogen and oxygen atoms in total. The molecule has 182 valence electrons. The number of benzene rings is 3. The minimum atomic E-state index is -1.09. The first-order chi connectivity index (χ1) is 17.4. The molecule has 0 bridgehead atoms. The van der Waals surface area contributed by atoms with Gasteiger partial charge in [0.05, 0.1) is 17.9 Å². The first-order valence-electron chi connectivity index (χ1n) is 11.5. The molecular weight excluding hydrogens is 474 g/mol. The molecule has 0 radical (unpaired) electrons. The van der Waals surface area contributed by atoms with Gasteiger partial charge in [0.2, 0.25) is 0 Å². The molecule has 0 saturated heterocycles. The smallest absolute Gasteiger partial charge is 0.274 e. The summed E-state index contributed by atoms with van der Waals surface area (Å²) in [4.78, 5) is 33.3. The van der Waals surface area contributed by atoms with Crippen LogP contribution in [0.25, 0.3) is 10.6 Å². The predicted molar refractivity (Wildman–Crippen MR) is 138 cm³/mol. The summed E-state index contributed by atoms with van der Waals surface area (Å²) in [5.41, 5.74) is 4.18. The van der Waals surface area contributed by atoms with Crippen LogP contribution in [-0.4, -0.2) is 27.6 Å². The molecule has 1 aliphatic heterocycles. The van der Waals surface area contributed by atoms with Gasteiger partial charge in [-0.3, -0.25) is 19.7 Å². The number of fused-ring (bicyclic) bond motifs is 1. The van der Waals surface area contributed by atoms with E-state index in [4.69, 9.17) is 14.9 Å². The zero-order chi connectivity index (χ0) is 25.3. The highest BCUT2D eigenvalue weighted by atomic mass is 32.1. The molecule has 5 rings (SSSR count). The molecule has 4 aromatic rings. The topological polar surface area (TPSA) is 91.8 Å². The molecule has 3 aromatic carbocycles. The number of nitrogens with zero attached hydrogens (tertiary/aromatic N) is 2. The first kappa shape index (κ1) is 23.7. The van der Waals surface area contributed by atoms with Gasteiger partial charge in [-0.25, -0.2) is 10.5 Å². The molecule has 0 unspecified atom stereocenters. The van der Waals surface area contributed by atoms with Gasteiger partial charge in [0.1, 0.15) is 10.8 Å². The van der Waals surface area contributed by atoms with Gasteiger partial charge in [-0.15, -0.1) is 11.3 Å². The number of carbonyl (C=O) groups excluding carboxylic acids is 2. The minimum Gasteiger partial charge on any atom is -0.476 e. The van der Waals surface area contributed by atoms with E-state index in [2.05, 4.69) is 12.1 Å². The van der Waals surface area contributed by atoms with Crippen LogP contribution in [0.15, 0.2) is 78.9 Å². The molecule has 0 saturated carbocycles. The third-order valence-electron chi connectivity index (χ3n) is 6.05. The Labute approximate surface area is 213 Å². The average Bonchev–Trinajstić information content (AvgIpc) is 3.29. The average molecular weight is 500 g/mol. The van der Waals surface area contributed by atoms with E-state index in [1.165, 1.54) is 0 Å². The lowest BCUT2D eigenvalue weighted by molar-refractivity contribution is -0.132. The lowest BCUT2D eigenvalue weighted by atomic mass is 10.0. The molecule has 1 aliphatic rings. The van der Waals surface area contributed by atoms with E-state index in [1.807, 2.05) is 48.5 Å². The van der Waals surface area contributed by atoms with Crippen LogP contribution >= 0.6 is 11.3 Å². The van der Waals surface area contributed by atoms with Crippen LogP contribution in [0.3, 0.4) is 0 Å². The summed E-state index contributed by atoms with van der Waals surface area (Å²) in [7, 11) is 0. The molecule has 2 N–H and O–H groups in total. The Kier molecular flexibility index (Phi) is 6.30. The molecule has 0 fully saturated rings. The number of rotatable bonds is 6. The second-order valence-electron chi connectivity index (χ2n) is 9.04. The maximum Gasteiger partial charge on any atom is 0.274 e. The van der Waals surface area contributed by atoms with Crippen molar-refractivity contribution in [1.29, 1.82) is 0 Å². The van der Waals surface area contributed by atoms with E-state index in [0.717, 1.165) is 26.7 Å². The van der Waals surface area contributed by atoms with Gasteiger partial charge in [-0.2, -0.15) is 0 Å². The monoisotopic (exact) mass is 499 g/mol. The fourth-order valence-corrected chi connectivity index (χ4v) is 5.32. The standard InChI is InChI=1S/C28H25N3O4S/c1-28(2)27(33)31(22-16-20(25(32)30-34)13-14-23(22)35-28)17-21-24(15-18-9-5-3-6-10-18)36-26(29-21)19-11-7-4-8-12-19/h3-14,16,34H,15,17H2,1-2H3,(H,30,32). The number of thiazole rings is 1. The Balaban J connectivity index is 1.58. The van der Waals surface area contributed by atoms with Gasteiger partial charge in [-0.05, 0) is 37.6 Å². The quantitative estimate of drug-likeness (QED) is 0.280. The molecule has 36 heavy (non-hydrogen) atoms. The van der Waals surface area contributed by atoms with Crippen LogP contribution in [0.1, 0.15) is 40.3 Å². The molecule has 0 aliphatic carbocycles. The third-order valence-corrected chi connectivity index (χ3v) is 7.20. The van der Waals surface area contributed by atoms with Crippen molar-refractivity contribution in [2.45, 2.75) is 32.4 Å². The maximum absolute atomic E-state index is 13.5. The normalized spacial score (nSPS) is 14.2. The van der Waals surface area contributed by atoms with Crippen molar-refractivity contribution in [1.82, 2.24) is 10.5 Å². The number of anilines is 1. The number of hydroxylamine groups is 1. The van der Waals surface area contributed by atoms with Crippen LogP contribution in [0.4, 0.5) is 5.69 Å². The largest absolute Gasteiger partial charge is 0.476 e. The first-order valence-corrected chi connectivity index (χ1v) is 12.3. The molecule has 2 heterocycles.